The summed E-state index contributed by atoms with van der Waals surface area (Å²) in [5.74, 6) is 1.28. The Balaban J connectivity index is 1.48. The van der Waals surface area contributed by atoms with Gasteiger partial charge in [-0.05, 0) is 55.5 Å². The number of aromatic nitrogens is 6. The quantitative estimate of drug-likeness (QED) is 0.426. The second-order valence-corrected chi connectivity index (χ2v) is 8.40. The summed E-state index contributed by atoms with van der Waals surface area (Å²) in [6.45, 7) is 3.54. The molecule has 0 radical (unpaired) electrons. The van der Waals surface area contributed by atoms with Gasteiger partial charge >= 0.3 is 0 Å². The van der Waals surface area contributed by atoms with Crippen LogP contribution in [0.15, 0.2) is 67.0 Å². The topological polar surface area (TPSA) is 70.1 Å². The molecule has 1 fully saturated rings. The normalized spacial score (nSPS) is 16.0. The summed E-state index contributed by atoms with van der Waals surface area (Å²) in [5, 5.41) is 13.0. The Bertz CT molecular complexity index is 1380. The van der Waals surface area contributed by atoms with E-state index in [4.69, 9.17) is 14.8 Å². The van der Waals surface area contributed by atoms with Crippen molar-refractivity contribution in [3.8, 4) is 11.3 Å². The first-order chi connectivity index (χ1) is 15.8. The number of hydrogen-bond donors (Lipinski definition) is 0. The molecule has 1 saturated heterocycles. The van der Waals surface area contributed by atoms with E-state index < -0.39 is 0 Å². The fourth-order valence-electron chi connectivity index (χ4n) is 4.80. The molecule has 0 N–H and O–H groups in total. The van der Waals surface area contributed by atoms with Crippen LogP contribution in [0.1, 0.15) is 30.3 Å². The number of nitrogens with zero attached hydrogens (tertiary/aromatic N) is 6. The Kier molecular flexibility index (Phi) is 4.69. The molecule has 0 unspecified atom stereocenters. The summed E-state index contributed by atoms with van der Waals surface area (Å²) in [7, 11) is 0. The average Bonchev–Trinajstić information content (AvgIpc) is 3.44. The molecule has 7 heteroatoms. The van der Waals surface area contributed by atoms with Crippen LogP contribution >= 0.6 is 0 Å². The van der Waals surface area contributed by atoms with E-state index in [0.717, 1.165) is 59.8 Å². The maximum absolute atomic E-state index is 5.66. The van der Waals surface area contributed by atoms with Gasteiger partial charge in [-0.1, -0.05) is 36.4 Å². The second-order valence-electron chi connectivity index (χ2n) is 8.40. The summed E-state index contributed by atoms with van der Waals surface area (Å²) in [4.78, 5) is 4.74. The van der Waals surface area contributed by atoms with Crippen molar-refractivity contribution in [2.45, 2.75) is 25.8 Å². The molecule has 0 amide bonds. The van der Waals surface area contributed by atoms with Gasteiger partial charge in [0.05, 0.1) is 29.1 Å². The Labute approximate surface area is 185 Å². The van der Waals surface area contributed by atoms with Crippen molar-refractivity contribution in [1.29, 1.82) is 0 Å². The Morgan fingerprint density at radius 1 is 0.969 bits per heavy atom. The number of aryl methyl sites for hydroxylation is 1. The third-order valence-electron chi connectivity index (χ3n) is 6.44. The average molecular weight is 425 g/mol. The molecule has 32 heavy (non-hydrogen) atoms. The van der Waals surface area contributed by atoms with Crippen LogP contribution in [0.2, 0.25) is 0 Å². The van der Waals surface area contributed by atoms with Crippen molar-refractivity contribution in [3.63, 3.8) is 0 Å². The molecule has 5 aromatic rings. The first kappa shape index (κ1) is 19.1. The molecule has 1 aliphatic heterocycles. The zero-order chi connectivity index (χ0) is 21.5. The van der Waals surface area contributed by atoms with E-state index >= 15 is 0 Å². The van der Waals surface area contributed by atoms with E-state index in [1.165, 1.54) is 5.56 Å². The highest BCUT2D eigenvalue weighted by Crippen LogP contribution is 2.36. The van der Waals surface area contributed by atoms with Crippen LogP contribution in [0.3, 0.4) is 0 Å². The highest BCUT2D eigenvalue weighted by Gasteiger charge is 2.28. The number of hydrogen-bond acceptors (Lipinski definition) is 5. The van der Waals surface area contributed by atoms with Crippen molar-refractivity contribution in [3.05, 3.63) is 78.4 Å². The summed E-state index contributed by atoms with van der Waals surface area (Å²) in [5.41, 5.74) is 6.10. The molecule has 1 aliphatic rings. The van der Waals surface area contributed by atoms with Crippen LogP contribution in [-0.2, 0) is 4.74 Å². The molecule has 3 aromatic heterocycles. The highest BCUT2D eigenvalue weighted by molar-refractivity contribution is 5.81. The van der Waals surface area contributed by atoms with Gasteiger partial charge in [-0.25, -0.2) is 4.98 Å². The third kappa shape index (κ3) is 3.26. The number of fused-ring (bicyclic) bond motifs is 2. The Morgan fingerprint density at radius 3 is 2.66 bits per heavy atom. The van der Waals surface area contributed by atoms with Gasteiger partial charge in [0.2, 0.25) is 0 Å². The standard InChI is InChI=1S/C25H24N6O/c1-17-27-28-24-10-9-21(29-31(17)24)20-7-8-22-23(15-20)30(16-26-22)25(18-5-3-2-4-6-18)19-11-13-32-14-12-19/h2-10,15-16,19,25H,11-14H2,1H3/t25-/m1/s1. The van der Waals surface area contributed by atoms with Gasteiger partial charge in [0.25, 0.3) is 0 Å². The lowest BCUT2D eigenvalue weighted by Gasteiger charge is -2.32. The Hall–Kier alpha value is -3.58. The molecule has 0 spiro atoms. The molecular weight excluding hydrogens is 400 g/mol. The molecule has 4 heterocycles. The van der Waals surface area contributed by atoms with Gasteiger partial charge in [0, 0.05) is 18.8 Å². The van der Waals surface area contributed by atoms with E-state index in [9.17, 15) is 0 Å². The van der Waals surface area contributed by atoms with Gasteiger partial charge < -0.3 is 9.30 Å². The zero-order valence-electron chi connectivity index (χ0n) is 17.9. The molecule has 0 aliphatic carbocycles. The van der Waals surface area contributed by atoms with E-state index in [1.54, 1.807) is 4.52 Å². The fourth-order valence-corrected chi connectivity index (χ4v) is 4.80. The van der Waals surface area contributed by atoms with Gasteiger partial charge in [-0.15, -0.1) is 10.2 Å². The van der Waals surface area contributed by atoms with Crippen LogP contribution < -0.4 is 0 Å². The molecular formula is C25H24N6O. The summed E-state index contributed by atoms with van der Waals surface area (Å²) in [6, 6.07) is 21.3. The van der Waals surface area contributed by atoms with E-state index in [0.29, 0.717) is 5.92 Å². The molecule has 7 nitrogen and oxygen atoms in total. The number of imidazole rings is 1. The van der Waals surface area contributed by atoms with Crippen molar-refractivity contribution in [2.24, 2.45) is 5.92 Å². The smallest absolute Gasteiger partial charge is 0.177 e. The van der Waals surface area contributed by atoms with Gasteiger partial charge in [0.1, 0.15) is 0 Å². The molecule has 1 atom stereocenters. The minimum absolute atomic E-state index is 0.218. The summed E-state index contributed by atoms with van der Waals surface area (Å²) < 4.78 is 9.78. The van der Waals surface area contributed by atoms with Crippen molar-refractivity contribution in [1.82, 2.24) is 29.4 Å². The predicted octanol–water partition coefficient (Wildman–Crippen LogP) is 4.47. The number of benzene rings is 2. The maximum Gasteiger partial charge on any atom is 0.177 e. The molecule has 0 saturated carbocycles. The Morgan fingerprint density at radius 2 is 1.81 bits per heavy atom. The monoisotopic (exact) mass is 424 g/mol. The molecule has 2 aromatic carbocycles. The lowest BCUT2D eigenvalue weighted by Crippen LogP contribution is -2.26. The van der Waals surface area contributed by atoms with E-state index in [-0.39, 0.29) is 6.04 Å². The minimum atomic E-state index is 0.218. The van der Waals surface area contributed by atoms with Crippen molar-refractivity contribution < 1.29 is 4.74 Å². The molecule has 160 valence electrons. The first-order valence-electron chi connectivity index (χ1n) is 11.1. The van der Waals surface area contributed by atoms with E-state index in [2.05, 4.69) is 63.3 Å². The number of ether oxygens (including phenoxy) is 1. The molecule has 0 bridgehead atoms. The maximum atomic E-state index is 5.66. The fraction of sp³-hybridized carbons (Fsp3) is 0.280. The van der Waals surface area contributed by atoms with E-state index in [1.807, 2.05) is 25.4 Å². The van der Waals surface area contributed by atoms with Crippen LogP contribution in [0, 0.1) is 12.8 Å². The first-order valence-corrected chi connectivity index (χ1v) is 11.1. The minimum Gasteiger partial charge on any atom is -0.381 e. The lowest BCUT2D eigenvalue weighted by atomic mass is 9.86. The third-order valence-corrected chi connectivity index (χ3v) is 6.44. The van der Waals surface area contributed by atoms with Crippen molar-refractivity contribution in [2.75, 3.05) is 13.2 Å². The van der Waals surface area contributed by atoms with Crippen LogP contribution in [0.4, 0.5) is 0 Å². The lowest BCUT2D eigenvalue weighted by molar-refractivity contribution is 0.0547. The summed E-state index contributed by atoms with van der Waals surface area (Å²) in [6.07, 6.45) is 4.08. The second kappa shape index (κ2) is 7.84. The van der Waals surface area contributed by atoms with Crippen LogP contribution in [0.5, 0.6) is 0 Å². The van der Waals surface area contributed by atoms with Gasteiger partial charge in [0.15, 0.2) is 11.5 Å². The SMILES string of the molecule is Cc1nnc2ccc(-c3ccc4ncn([C@H](c5ccccc5)C5CCOCC5)c4c3)nn12. The van der Waals surface area contributed by atoms with Gasteiger partial charge in [-0.3, -0.25) is 0 Å². The number of rotatable bonds is 4. The largest absolute Gasteiger partial charge is 0.381 e. The zero-order valence-corrected chi connectivity index (χ0v) is 17.9. The summed E-state index contributed by atoms with van der Waals surface area (Å²) >= 11 is 0. The van der Waals surface area contributed by atoms with Crippen LogP contribution in [0.25, 0.3) is 27.9 Å². The highest BCUT2D eigenvalue weighted by atomic mass is 16.5. The van der Waals surface area contributed by atoms with Gasteiger partial charge in [-0.2, -0.15) is 9.61 Å². The van der Waals surface area contributed by atoms with Crippen LogP contribution in [-0.4, -0.2) is 42.6 Å². The predicted molar refractivity (Wildman–Crippen MR) is 122 cm³/mol. The molecule has 6 rings (SSSR count). The van der Waals surface area contributed by atoms with Crippen molar-refractivity contribution >= 4 is 16.7 Å².